The molecule has 2 N–H and O–H groups in total. The summed E-state index contributed by atoms with van der Waals surface area (Å²) in [6.45, 7) is 4.85. The van der Waals surface area contributed by atoms with Crippen molar-refractivity contribution in [2.24, 2.45) is 0 Å². The Labute approximate surface area is 117 Å². The first kappa shape index (κ1) is 20.3. The molecule has 0 radical (unpaired) electrons. The van der Waals surface area contributed by atoms with Crippen molar-refractivity contribution in [2.75, 3.05) is 26.4 Å². The van der Waals surface area contributed by atoms with Gasteiger partial charge in [-0.25, -0.2) is 0 Å². The van der Waals surface area contributed by atoms with E-state index in [1.54, 1.807) is 6.08 Å². The average Bonchev–Trinajstić information content (AvgIpc) is 2.22. The summed E-state index contributed by atoms with van der Waals surface area (Å²) in [7, 11) is 0. The number of ether oxygens (including phenoxy) is 2. The number of hydrogen-bond acceptors (Lipinski definition) is 4. The van der Waals surface area contributed by atoms with E-state index in [1.165, 1.54) is 0 Å². The molecular weight excluding hydrogens is 302 g/mol. The molecular formula is C10H17Cl2O5P. The zero-order valence-electron chi connectivity index (χ0n) is 9.80. The molecule has 18 heavy (non-hydrogen) atoms. The van der Waals surface area contributed by atoms with Gasteiger partial charge in [0.25, 0.3) is 0 Å². The maximum atomic E-state index is 9.30. The summed E-state index contributed by atoms with van der Waals surface area (Å²) >= 11 is 8.81. The van der Waals surface area contributed by atoms with E-state index in [0.717, 1.165) is 6.42 Å². The fraction of sp³-hybridized carbons (Fsp3) is 0.600. The maximum absolute atomic E-state index is 9.30. The molecule has 0 spiro atoms. The third-order valence-electron chi connectivity index (χ3n) is 1.27. The fourth-order valence-corrected chi connectivity index (χ4v) is 0.688. The Balaban J connectivity index is 0. The minimum atomic E-state index is -3.69. The predicted octanol–water partition coefficient (Wildman–Crippen LogP) is 2.15. The van der Waals surface area contributed by atoms with Gasteiger partial charge < -0.3 is 19.5 Å². The van der Waals surface area contributed by atoms with Gasteiger partial charge in [-0.3, -0.25) is 4.57 Å². The minimum Gasteiger partial charge on any atom is -0.388 e. The Morgan fingerprint density at radius 3 is 2.39 bits per heavy atom. The number of aliphatic hydroxyl groups is 1. The first-order chi connectivity index (χ1) is 8.31. The molecule has 0 aromatic carbocycles. The molecule has 0 rings (SSSR count). The number of halogens is 2. The lowest BCUT2D eigenvalue weighted by Gasteiger charge is -2.09. The van der Waals surface area contributed by atoms with Crippen molar-refractivity contribution in [3.05, 3.63) is 12.7 Å². The molecule has 0 bridgehead atoms. The SMILES string of the molecule is C#CCOCC(O)COCCC=C.O=P(O)(Cl)Cl. The second-order valence-corrected chi connectivity index (χ2v) is 7.10. The van der Waals surface area contributed by atoms with Crippen LogP contribution < -0.4 is 0 Å². The average molecular weight is 319 g/mol. The van der Waals surface area contributed by atoms with Gasteiger partial charge in [0.15, 0.2) is 0 Å². The summed E-state index contributed by atoms with van der Waals surface area (Å²) in [5, 5.41) is 9.23. The summed E-state index contributed by atoms with van der Waals surface area (Å²) in [4.78, 5) is 7.61. The Bertz CT molecular complexity index is 278. The topological polar surface area (TPSA) is 76.0 Å². The molecule has 5 nitrogen and oxygen atoms in total. The Kier molecular flexibility index (Phi) is 15.1. The van der Waals surface area contributed by atoms with Gasteiger partial charge in [-0.2, -0.15) is 0 Å². The minimum absolute atomic E-state index is 0.221. The third kappa shape index (κ3) is 29.7. The largest absolute Gasteiger partial charge is 0.388 e. The molecule has 0 aliphatic rings. The molecule has 1 atom stereocenters. The molecule has 0 fully saturated rings. The van der Waals surface area contributed by atoms with Gasteiger partial charge in [0.05, 0.1) is 19.8 Å². The molecule has 0 aromatic rings. The summed E-state index contributed by atoms with van der Waals surface area (Å²) in [6, 6.07) is 0. The van der Waals surface area contributed by atoms with Crippen LogP contribution in [0.25, 0.3) is 0 Å². The quantitative estimate of drug-likeness (QED) is 0.310. The van der Waals surface area contributed by atoms with Gasteiger partial charge in [0.2, 0.25) is 0 Å². The van der Waals surface area contributed by atoms with Crippen LogP contribution in [0.5, 0.6) is 0 Å². The standard InChI is InChI=1S/C10H16O3.Cl2HO2P/c1-3-5-7-13-9-10(11)8-12-6-4-2;1-5(2,3)4/h2-3,10-11H,1,5-9H2;(H,3,4). The summed E-state index contributed by atoms with van der Waals surface area (Å²) < 4.78 is 19.3. The van der Waals surface area contributed by atoms with Crippen molar-refractivity contribution >= 4 is 28.6 Å². The van der Waals surface area contributed by atoms with Gasteiger partial charge in [0, 0.05) is 0 Å². The van der Waals surface area contributed by atoms with Crippen LogP contribution in [0.15, 0.2) is 12.7 Å². The number of aliphatic hydroxyl groups excluding tert-OH is 1. The van der Waals surface area contributed by atoms with Crippen LogP contribution in [0, 0.1) is 12.3 Å². The van der Waals surface area contributed by atoms with Crippen LogP contribution >= 0.6 is 28.6 Å². The maximum Gasteiger partial charge on any atom is 0.377 e. The lowest BCUT2D eigenvalue weighted by atomic mass is 10.4. The number of terminal acetylenes is 1. The molecule has 1 unspecified atom stereocenters. The molecule has 0 amide bonds. The van der Waals surface area contributed by atoms with Gasteiger partial charge in [0.1, 0.15) is 12.7 Å². The van der Waals surface area contributed by atoms with Crippen LogP contribution in [-0.4, -0.2) is 42.5 Å². The highest BCUT2D eigenvalue weighted by molar-refractivity contribution is 8.04. The van der Waals surface area contributed by atoms with Crippen molar-refractivity contribution < 1.29 is 24.0 Å². The van der Waals surface area contributed by atoms with Crippen LogP contribution in [0.1, 0.15) is 6.42 Å². The van der Waals surface area contributed by atoms with Crippen molar-refractivity contribution in [3.63, 3.8) is 0 Å². The summed E-state index contributed by atoms with van der Waals surface area (Å²) in [5.41, 5.74) is 0. The highest BCUT2D eigenvalue weighted by Crippen LogP contribution is 2.51. The summed E-state index contributed by atoms with van der Waals surface area (Å²) in [5.74, 6) is 2.31. The molecule has 0 saturated carbocycles. The highest BCUT2D eigenvalue weighted by atomic mass is 35.9. The normalized spacial score (nSPS) is 11.9. The van der Waals surface area contributed by atoms with Crippen LogP contribution in [0.3, 0.4) is 0 Å². The lowest BCUT2D eigenvalue weighted by molar-refractivity contribution is -0.0109. The molecule has 0 saturated heterocycles. The van der Waals surface area contributed by atoms with Crippen LogP contribution in [0.2, 0.25) is 0 Å². The monoisotopic (exact) mass is 318 g/mol. The van der Waals surface area contributed by atoms with E-state index in [2.05, 4.69) is 35.0 Å². The molecule has 0 aliphatic heterocycles. The Morgan fingerprint density at radius 1 is 1.44 bits per heavy atom. The van der Waals surface area contributed by atoms with Crippen LogP contribution in [-0.2, 0) is 14.0 Å². The van der Waals surface area contributed by atoms with E-state index in [9.17, 15) is 9.67 Å². The van der Waals surface area contributed by atoms with Gasteiger partial charge in [-0.1, -0.05) is 12.0 Å². The molecule has 0 heterocycles. The van der Waals surface area contributed by atoms with E-state index in [0.29, 0.717) is 6.61 Å². The third-order valence-corrected chi connectivity index (χ3v) is 1.27. The van der Waals surface area contributed by atoms with Crippen molar-refractivity contribution in [3.8, 4) is 12.3 Å². The Morgan fingerprint density at radius 2 is 1.94 bits per heavy atom. The smallest absolute Gasteiger partial charge is 0.377 e. The molecule has 8 heteroatoms. The van der Waals surface area contributed by atoms with E-state index in [1.807, 2.05) is 0 Å². The zero-order chi connectivity index (χ0) is 14.4. The van der Waals surface area contributed by atoms with Crippen molar-refractivity contribution in [2.45, 2.75) is 12.5 Å². The van der Waals surface area contributed by atoms with Crippen molar-refractivity contribution in [1.82, 2.24) is 0 Å². The van der Waals surface area contributed by atoms with E-state index >= 15 is 0 Å². The molecule has 0 aliphatic carbocycles. The number of hydrogen-bond donors (Lipinski definition) is 2. The predicted molar refractivity (Wildman–Crippen MR) is 72.8 cm³/mol. The van der Waals surface area contributed by atoms with Crippen molar-refractivity contribution in [1.29, 1.82) is 0 Å². The lowest BCUT2D eigenvalue weighted by Crippen LogP contribution is -2.22. The molecule has 106 valence electrons. The van der Waals surface area contributed by atoms with Gasteiger partial charge in [-0.05, 0) is 28.9 Å². The second-order valence-electron chi connectivity index (χ2n) is 2.96. The van der Waals surface area contributed by atoms with Gasteiger partial charge >= 0.3 is 6.07 Å². The van der Waals surface area contributed by atoms with E-state index in [-0.39, 0.29) is 19.8 Å². The molecule has 0 aromatic heterocycles. The first-order valence-electron chi connectivity index (χ1n) is 4.91. The Hall–Kier alpha value is -0.0500. The fourth-order valence-electron chi connectivity index (χ4n) is 0.688. The second kappa shape index (κ2) is 13.4. The van der Waals surface area contributed by atoms with Crippen LogP contribution in [0.4, 0.5) is 0 Å². The number of rotatable bonds is 8. The highest BCUT2D eigenvalue weighted by Gasteiger charge is 2.03. The first-order valence-corrected chi connectivity index (χ1v) is 8.38. The zero-order valence-corrected chi connectivity index (χ0v) is 12.2. The van der Waals surface area contributed by atoms with E-state index in [4.69, 9.17) is 20.8 Å². The van der Waals surface area contributed by atoms with E-state index < -0.39 is 12.2 Å². The van der Waals surface area contributed by atoms with Gasteiger partial charge in [-0.15, -0.1) is 13.0 Å². The summed E-state index contributed by atoms with van der Waals surface area (Å²) in [6.07, 6.45) is 3.22.